The third-order valence-electron chi connectivity index (χ3n) is 3.43. The maximum Gasteiger partial charge on any atom is 0.220 e. The third-order valence-corrected chi connectivity index (χ3v) is 3.72. The summed E-state index contributed by atoms with van der Waals surface area (Å²) in [7, 11) is 0. The number of hydrogen-bond donors (Lipinski definition) is 1. The number of carbonyl (C=O) groups excluding carboxylic acids is 1. The van der Waals surface area contributed by atoms with Crippen LogP contribution in [-0.2, 0) is 11.3 Å². The molecule has 1 N–H and O–H groups in total. The lowest BCUT2D eigenvalue weighted by Gasteiger charge is -2.20. The van der Waals surface area contributed by atoms with Gasteiger partial charge in [-0.2, -0.15) is 0 Å². The summed E-state index contributed by atoms with van der Waals surface area (Å²) in [5.74, 6) is -0.419. The van der Waals surface area contributed by atoms with Crippen LogP contribution in [0.15, 0.2) is 18.2 Å². The smallest absolute Gasteiger partial charge is 0.220 e. The molecule has 0 radical (unpaired) electrons. The Kier molecular flexibility index (Phi) is 9.09. The number of benzene rings is 1. The first-order valence-electron chi connectivity index (χ1n) is 7.99. The van der Waals surface area contributed by atoms with Gasteiger partial charge in [-0.05, 0) is 56.6 Å². The average Bonchev–Trinajstić information content (AvgIpc) is 2.49. The summed E-state index contributed by atoms with van der Waals surface area (Å²) in [5, 5.41) is 2.93. The van der Waals surface area contributed by atoms with Crippen LogP contribution in [0.2, 0.25) is 5.02 Å². The Morgan fingerprint density at radius 3 is 2.50 bits per heavy atom. The summed E-state index contributed by atoms with van der Waals surface area (Å²) in [4.78, 5) is 14.2. The van der Waals surface area contributed by atoms with Crippen molar-refractivity contribution in [2.45, 2.75) is 46.1 Å². The third kappa shape index (κ3) is 7.23. The molecule has 0 bridgehead atoms. The van der Waals surface area contributed by atoms with Crippen LogP contribution in [0.4, 0.5) is 4.39 Å². The largest absolute Gasteiger partial charge is 0.352 e. The fourth-order valence-corrected chi connectivity index (χ4v) is 2.57. The van der Waals surface area contributed by atoms with Gasteiger partial charge >= 0.3 is 0 Å². The van der Waals surface area contributed by atoms with Crippen molar-refractivity contribution in [3.8, 4) is 0 Å². The van der Waals surface area contributed by atoms with Gasteiger partial charge in [0.05, 0.1) is 5.02 Å². The Labute approximate surface area is 137 Å². The quantitative estimate of drug-likeness (QED) is 0.704. The molecule has 124 valence electrons. The molecular formula is C17H26ClFN2O. The van der Waals surface area contributed by atoms with Crippen LogP contribution >= 0.6 is 11.6 Å². The van der Waals surface area contributed by atoms with Crippen molar-refractivity contribution in [1.82, 2.24) is 10.2 Å². The molecule has 0 atom stereocenters. The van der Waals surface area contributed by atoms with Crippen LogP contribution in [0.3, 0.4) is 0 Å². The van der Waals surface area contributed by atoms with Gasteiger partial charge in [-0.3, -0.25) is 4.79 Å². The molecule has 0 spiro atoms. The second kappa shape index (κ2) is 10.6. The van der Waals surface area contributed by atoms with Gasteiger partial charge in [0.1, 0.15) is 5.82 Å². The van der Waals surface area contributed by atoms with E-state index in [1.807, 2.05) is 0 Å². The molecule has 0 aliphatic carbocycles. The van der Waals surface area contributed by atoms with Crippen LogP contribution in [0.25, 0.3) is 0 Å². The van der Waals surface area contributed by atoms with E-state index in [-0.39, 0.29) is 10.9 Å². The molecule has 1 rings (SSSR count). The number of rotatable bonds is 10. The van der Waals surface area contributed by atoms with Crippen LogP contribution in [-0.4, -0.2) is 30.4 Å². The van der Waals surface area contributed by atoms with Crippen molar-refractivity contribution in [2.24, 2.45) is 0 Å². The molecule has 22 heavy (non-hydrogen) atoms. The number of nitrogens with zero attached hydrogens (tertiary/aromatic N) is 1. The molecule has 1 aromatic rings. The van der Waals surface area contributed by atoms with Crippen molar-refractivity contribution in [3.63, 3.8) is 0 Å². The van der Waals surface area contributed by atoms with Gasteiger partial charge in [-0.15, -0.1) is 0 Å². The van der Waals surface area contributed by atoms with E-state index in [9.17, 15) is 9.18 Å². The number of amides is 1. The highest BCUT2D eigenvalue weighted by atomic mass is 35.5. The topological polar surface area (TPSA) is 32.3 Å². The van der Waals surface area contributed by atoms with E-state index in [4.69, 9.17) is 11.6 Å². The number of carbonyl (C=O) groups is 1. The minimum Gasteiger partial charge on any atom is -0.352 e. The predicted octanol–water partition coefficient (Wildman–Crippen LogP) is 4.00. The minimum atomic E-state index is -0.441. The highest BCUT2D eigenvalue weighted by Crippen LogP contribution is 2.15. The Balaban J connectivity index is 2.26. The summed E-state index contributed by atoms with van der Waals surface area (Å²) in [6.07, 6.45) is 3.64. The van der Waals surface area contributed by atoms with Crippen LogP contribution in [0.5, 0.6) is 0 Å². The molecule has 0 saturated carbocycles. The molecular weight excluding hydrogens is 303 g/mol. The molecule has 0 aromatic heterocycles. The maximum absolute atomic E-state index is 13.0. The van der Waals surface area contributed by atoms with E-state index in [1.54, 1.807) is 12.1 Å². The molecule has 1 amide bonds. The highest BCUT2D eigenvalue weighted by molar-refractivity contribution is 6.30. The SMILES string of the molecule is CCCN(CCC)CCCC(=O)NCc1ccc(F)c(Cl)c1. The summed E-state index contributed by atoms with van der Waals surface area (Å²) in [6.45, 7) is 7.85. The zero-order valence-electron chi connectivity index (χ0n) is 13.5. The number of hydrogen-bond acceptors (Lipinski definition) is 2. The standard InChI is InChI=1S/C17H26ClFN2O/c1-3-9-21(10-4-2)11-5-6-17(22)20-13-14-7-8-16(19)15(18)12-14/h7-8,12H,3-6,9-11,13H2,1-2H3,(H,20,22). The summed E-state index contributed by atoms with van der Waals surface area (Å²) in [6, 6.07) is 4.49. The molecule has 0 aliphatic heterocycles. The van der Waals surface area contributed by atoms with Crippen LogP contribution in [0, 0.1) is 5.82 Å². The van der Waals surface area contributed by atoms with E-state index in [0.717, 1.165) is 44.5 Å². The molecule has 0 heterocycles. The molecule has 0 saturated heterocycles. The second-order valence-corrected chi connectivity index (χ2v) is 5.88. The molecule has 3 nitrogen and oxygen atoms in total. The van der Waals surface area contributed by atoms with E-state index in [1.165, 1.54) is 6.07 Å². The summed E-state index contributed by atoms with van der Waals surface area (Å²) < 4.78 is 13.0. The zero-order chi connectivity index (χ0) is 16.4. The second-order valence-electron chi connectivity index (χ2n) is 5.47. The highest BCUT2D eigenvalue weighted by Gasteiger charge is 2.06. The Morgan fingerprint density at radius 1 is 1.23 bits per heavy atom. The van der Waals surface area contributed by atoms with Gasteiger partial charge in [0.25, 0.3) is 0 Å². The lowest BCUT2D eigenvalue weighted by atomic mass is 10.2. The molecule has 5 heteroatoms. The van der Waals surface area contributed by atoms with E-state index in [2.05, 4.69) is 24.1 Å². The fourth-order valence-electron chi connectivity index (χ4n) is 2.37. The van der Waals surface area contributed by atoms with Gasteiger partial charge in [0.2, 0.25) is 5.91 Å². The molecule has 0 aliphatic rings. The van der Waals surface area contributed by atoms with Crippen LogP contribution in [0.1, 0.15) is 45.1 Å². The number of halogens is 2. The molecule has 1 aromatic carbocycles. The van der Waals surface area contributed by atoms with Crippen LogP contribution < -0.4 is 5.32 Å². The zero-order valence-corrected chi connectivity index (χ0v) is 14.3. The Morgan fingerprint density at radius 2 is 1.91 bits per heavy atom. The normalized spacial score (nSPS) is 11.0. The van der Waals surface area contributed by atoms with E-state index >= 15 is 0 Å². The predicted molar refractivity (Wildman–Crippen MR) is 89.5 cm³/mol. The molecule has 0 unspecified atom stereocenters. The van der Waals surface area contributed by atoms with E-state index < -0.39 is 5.82 Å². The first kappa shape index (κ1) is 18.9. The van der Waals surface area contributed by atoms with Gasteiger partial charge in [-0.1, -0.05) is 31.5 Å². The van der Waals surface area contributed by atoms with E-state index in [0.29, 0.717) is 13.0 Å². The van der Waals surface area contributed by atoms with Gasteiger partial charge in [0, 0.05) is 13.0 Å². The number of nitrogens with one attached hydrogen (secondary N) is 1. The minimum absolute atomic E-state index is 0.0217. The molecule has 0 fully saturated rings. The van der Waals surface area contributed by atoms with Crippen molar-refractivity contribution >= 4 is 17.5 Å². The van der Waals surface area contributed by atoms with Gasteiger partial charge in [0.15, 0.2) is 0 Å². The van der Waals surface area contributed by atoms with Crippen molar-refractivity contribution in [3.05, 3.63) is 34.6 Å². The van der Waals surface area contributed by atoms with Crippen molar-refractivity contribution in [2.75, 3.05) is 19.6 Å². The lowest BCUT2D eigenvalue weighted by molar-refractivity contribution is -0.121. The van der Waals surface area contributed by atoms with Crippen molar-refractivity contribution in [1.29, 1.82) is 0 Å². The van der Waals surface area contributed by atoms with Gasteiger partial charge < -0.3 is 10.2 Å². The summed E-state index contributed by atoms with van der Waals surface area (Å²) >= 11 is 5.71. The van der Waals surface area contributed by atoms with Gasteiger partial charge in [-0.25, -0.2) is 4.39 Å². The monoisotopic (exact) mass is 328 g/mol. The first-order chi connectivity index (χ1) is 10.6. The summed E-state index contributed by atoms with van der Waals surface area (Å²) in [5.41, 5.74) is 0.804. The Bertz CT molecular complexity index is 462. The fraction of sp³-hybridized carbons (Fsp3) is 0.588. The van der Waals surface area contributed by atoms with Crippen molar-refractivity contribution < 1.29 is 9.18 Å². The maximum atomic E-state index is 13.0. The Hall–Kier alpha value is -1.13. The average molecular weight is 329 g/mol. The lowest BCUT2D eigenvalue weighted by Crippen LogP contribution is -2.28. The first-order valence-corrected chi connectivity index (χ1v) is 8.37.